The van der Waals surface area contributed by atoms with E-state index in [1.54, 1.807) is 0 Å². The molecule has 4 rings (SSSR count). The lowest BCUT2D eigenvalue weighted by Gasteiger charge is -2.30. The monoisotopic (exact) mass is 402 g/mol. The number of morpholine rings is 1. The number of rotatable bonds is 5. The van der Waals surface area contributed by atoms with Crippen molar-refractivity contribution < 1.29 is 9.53 Å². The summed E-state index contributed by atoms with van der Waals surface area (Å²) in [5, 5.41) is 8.81. The number of carbonyl (C=O) groups is 1. The molecule has 0 bridgehead atoms. The van der Waals surface area contributed by atoms with Crippen LogP contribution in [0, 0.1) is 5.92 Å². The van der Waals surface area contributed by atoms with Crippen molar-refractivity contribution >= 4 is 5.91 Å². The van der Waals surface area contributed by atoms with Gasteiger partial charge in [-0.2, -0.15) is 5.10 Å². The molecule has 1 aromatic heterocycles. The number of hydrogen-bond acceptors (Lipinski definition) is 4. The van der Waals surface area contributed by atoms with Crippen LogP contribution in [0.15, 0.2) is 0 Å². The van der Waals surface area contributed by atoms with E-state index in [0.29, 0.717) is 50.0 Å². The van der Waals surface area contributed by atoms with Crippen molar-refractivity contribution in [3.05, 3.63) is 17.0 Å². The van der Waals surface area contributed by atoms with E-state index in [2.05, 4.69) is 23.8 Å². The molecule has 1 amide bonds. The van der Waals surface area contributed by atoms with Crippen LogP contribution in [-0.2, 0) is 24.1 Å². The first-order chi connectivity index (χ1) is 14.1. The van der Waals surface area contributed by atoms with Gasteiger partial charge in [0.1, 0.15) is 0 Å². The van der Waals surface area contributed by atoms with E-state index in [1.165, 1.54) is 49.8 Å². The predicted octanol–water partition coefficient (Wildman–Crippen LogP) is 3.18. The minimum Gasteiger partial charge on any atom is -0.378 e. The van der Waals surface area contributed by atoms with E-state index in [1.807, 2.05) is 4.90 Å². The summed E-state index contributed by atoms with van der Waals surface area (Å²) in [5.41, 5.74) is 3.21. The Labute approximate surface area is 175 Å². The van der Waals surface area contributed by atoms with E-state index in [4.69, 9.17) is 9.84 Å². The minimum absolute atomic E-state index is 0.0992. The lowest BCUT2D eigenvalue weighted by Crippen LogP contribution is -2.43. The first kappa shape index (κ1) is 20.9. The molecule has 6 nitrogen and oxygen atoms in total. The van der Waals surface area contributed by atoms with Gasteiger partial charge in [0.15, 0.2) is 5.69 Å². The van der Waals surface area contributed by atoms with Gasteiger partial charge in [0, 0.05) is 43.0 Å². The zero-order valence-electron chi connectivity index (χ0n) is 18.3. The van der Waals surface area contributed by atoms with Crippen LogP contribution in [0.4, 0.5) is 0 Å². The van der Waals surface area contributed by atoms with Gasteiger partial charge >= 0.3 is 0 Å². The standard InChI is InChI=1S/C23H38N4O2/c1-17(2)16-27-21-10-9-19(24-18-7-5-3-4-6-8-18)15-20(21)22(25-27)23(28)26-11-13-29-14-12-26/h17-19,24H,3-16H2,1-2H3/t19-/m1/s1. The van der Waals surface area contributed by atoms with Crippen molar-refractivity contribution in [2.75, 3.05) is 26.3 Å². The number of hydrogen-bond donors (Lipinski definition) is 1. The molecule has 6 heteroatoms. The second-order valence-corrected chi connectivity index (χ2v) is 9.55. The molecule has 162 valence electrons. The minimum atomic E-state index is 0.0992. The Kier molecular flexibility index (Phi) is 6.91. The lowest BCUT2D eigenvalue weighted by atomic mass is 9.90. The van der Waals surface area contributed by atoms with Crippen molar-refractivity contribution in [2.24, 2.45) is 5.92 Å². The van der Waals surface area contributed by atoms with Crippen LogP contribution in [0.1, 0.15) is 80.5 Å². The zero-order chi connectivity index (χ0) is 20.2. The normalized spacial score (nSPS) is 23.8. The third kappa shape index (κ3) is 5.02. The molecule has 0 aromatic carbocycles. The Morgan fingerprint density at radius 3 is 2.52 bits per heavy atom. The maximum absolute atomic E-state index is 13.3. The van der Waals surface area contributed by atoms with Crippen molar-refractivity contribution in [1.29, 1.82) is 0 Å². The van der Waals surface area contributed by atoms with Gasteiger partial charge in [0.25, 0.3) is 5.91 Å². The number of nitrogens with zero attached hydrogens (tertiary/aromatic N) is 3. The fraction of sp³-hybridized carbons (Fsp3) is 0.826. The van der Waals surface area contributed by atoms with Gasteiger partial charge < -0.3 is 15.0 Å². The van der Waals surface area contributed by atoms with E-state index >= 15 is 0 Å². The third-order valence-corrected chi connectivity index (χ3v) is 6.71. The lowest BCUT2D eigenvalue weighted by molar-refractivity contribution is 0.0297. The van der Waals surface area contributed by atoms with E-state index in [9.17, 15) is 4.79 Å². The average Bonchev–Trinajstić information content (AvgIpc) is 2.89. The molecule has 1 N–H and O–H groups in total. The van der Waals surface area contributed by atoms with Crippen molar-refractivity contribution in [1.82, 2.24) is 20.0 Å². The Balaban J connectivity index is 1.53. The summed E-state index contributed by atoms with van der Waals surface area (Å²) in [5.74, 6) is 0.620. The topological polar surface area (TPSA) is 59.4 Å². The number of ether oxygens (including phenoxy) is 1. The van der Waals surface area contributed by atoms with Gasteiger partial charge in [-0.1, -0.05) is 39.5 Å². The van der Waals surface area contributed by atoms with Crippen LogP contribution >= 0.6 is 0 Å². The van der Waals surface area contributed by atoms with Crippen molar-refractivity contribution in [3.63, 3.8) is 0 Å². The molecule has 0 spiro atoms. The molecule has 1 saturated carbocycles. The van der Waals surface area contributed by atoms with Crippen LogP contribution in [-0.4, -0.2) is 59.0 Å². The Hall–Kier alpha value is -1.40. The Bertz CT molecular complexity index is 685. The maximum atomic E-state index is 13.3. The molecule has 2 fully saturated rings. The maximum Gasteiger partial charge on any atom is 0.274 e. The predicted molar refractivity (Wildman–Crippen MR) is 114 cm³/mol. The number of amides is 1. The molecule has 1 atom stereocenters. The van der Waals surface area contributed by atoms with Crippen molar-refractivity contribution in [3.8, 4) is 0 Å². The fourth-order valence-electron chi connectivity index (χ4n) is 5.19. The molecule has 3 aliphatic rings. The zero-order valence-corrected chi connectivity index (χ0v) is 18.3. The highest BCUT2D eigenvalue weighted by atomic mass is 16.5. The van der Waals surface area contributed by atoms with E-state index in [-0.39, 0.29) is 5.91 Å². The summed E-state index contributed by atoms with van der Waals surface area (Å²) < 4.78 is 7.57. The van der Waals surface area contributed by atoms with Crippen LogP contribution < -0.4 is 5.32 Å². The molecule has 2 aliphatic carbocycles. The molecular formula is C23H38N4O2. The van der Waals surface area contributed by atoms with Gasteiger partial charge in [-0.05, 0) is 38.0 Å². The van der Waals surface area contributed by atoms with Gasteiger partial charge in [-0.15, -0.1) is 0 Å². The smallest absolute Gasteiger partial charge is 0.274 e. The number of fused-ring (bicyclic) bond motifs is 1. The van der Waals surface area contributed by atoms with Crippen LogP contribution in [0.25, 0.3) is 0 Å². The highest BCUT2D eigenvalue weighted by Crippen LogP contribution is 2.28. The summed E-state index contributed by atoms with van der Waals surface area (Å²) in [6, 6.07) is 1.12. The average molecular weight is 403 g/mol. The van der Waals surface area contributed by atoms with Crippen LogP contribution in [0.2, 0.25) is 0 Å². The Morgan fingerprint density at radius 2 is 1.83 bits per heavy atom. The molecule has 1 saturated heterocycles. The highest BCUT2D eigenvalue weighted by molar-refractivity contribution is 5.94. The summed E-state index contributed by atoms with van der Waals surface area (Å²) in [7, 11) is 0. The number of nitrogens with one attached hydrogen (secondary N) is 1. The fourth-order valence-corrected chi connectivity index (χ4v) is 5.19. The third-order valence-electron chi connectivity index (χ3n) is 6.71. The first-order valence-electron chi connectivity index (χ1n) is 11.8. The van der Waals surface area contributed by atoms with Crippen LogP contribution in [0.5, 0.6) is 0 Å². The summed E-state index contributed by atoms with van der Waals surface area (Å²) in [6.07, 6.45) is 11.2. The molecular weight excluding hydrogens is 364 g/mol. The Morgan fingerprint density at radius 1 is 1.10 bits per heavy atom. The van der Waals surface area contributed by atoms with E-state index < -0.39 is 0 Å². The van der Waals surface area contributed by atoms with Gasteiger partial charge in [0.05, 0.1) is 13.2 Å². The molecule has 2 heterocycles. The number of aromatic nitrogens is 2. The van der Waals surface area contributed by atoms with E-state index in [0.717, 1.165) is 25.8 Å². The van der Waals surface area contributed by atoms with Crippen molar-refractivity contribution in [2.45, 2.75) is 90.3 Å². The van der Waals surface area contributed by atoms with Gasteiger partial charge in [0.2, 0.25) is 0 Å². The highest BCUT2D eigenvalue weighted by Gasteiger charge is 2.32. The van der Waals surface area contributed by atoms with Gasteiger partial charge in [-0.3, -0.25) is 9.48 Å². The molecule has 0 unspecified atom stereocenters. The largest absolute Gasteiger partial charge is 0.378 e. The second-order valence-electron chi connectivity index (χ2n) is 9.55. The molecule has 29 heavy (non-hydrogen) atoms. The number of carbonyl (C=O) groups excluding carboxylic acids is 1. The summed E-state index contributed by atoms with van der Waals surface area (Å²) >= 11 is 0. The van der Waals surface area contributed by atoms with Gasteiger partial charge in [-0.25, -0.2) is 0 Å². The summed E-state index contributed by atoms with van der Waals surface area (Å²) in [4.78, 5) is 15.2. The molecule has 0 radical (unpaired) electrons. The summed E-state index contributed by atoms with van der Waals surface area (Å²) in [6.45, 7) is 7.94. The quantitative estimate of drug-likeness (QED) is 0.769. The molecule has 1 aromatic rings. The SMILES string of the molecule is CC(C)Cn1nc(C(=O)N2CCOCC2)c2c1CC[C@@H](NC1CCCCCC1)C2. The first-order valence-corrected chi connectivity index (χ1v) is 11.8. The second kappa shape index (κ2) is 9.61. The molecule has 1 aliphatic heterocycles. The van der Waals surface area contributed by atoms with Crippen LogP contribution in [0.3, 0.4) is 0 Å².